The smallest absolute Gasteiger partial charge is 0.410 e. The lowest BCUT2D eigenvalue weighted by atomic mass is 9.96. The Labute approximate surface area is 130 Å². The van der Waals surface area contributed by atoms with Gasteiger partial charge in [-0.2, -0.15) is 0 Å². The molecule has 0 aromatic heterocycles. The number of hydrogen-bond donors (Lipinski definition) is 0. The molecule has 1 heterocycles. The van der Waals surface area contributed by atoms with Gasteiger partial charge in [-0.3, -0.25) is 4.79 Å². The first-order valence-corrected chi connectivity index (χ1v) is 7.45. The Balaban J connectivity index is 2.02. The molecule has 1 amide bonds. The molecule has 0 radical (unpaired) electrons. The quantitative estimate of drug-likeness (QED) is 0.785. The molecule has 0 N–H and O–H groups in total. The predicted octanol–water partition coefficient (Wildman–Crippen LogP) is 3.57. The number of carbonyl (C=O) groups is 2. The minimum absolute atomic E-state index is 0.120. The molecule has 1 atom stereocenters. The molecule has 1 aromatic carbocycles. The van der Waals surface area contributed by atoms with E-state index in [1.807, 2.05) is 0 Å². The summed E-state index contributed by atoms with van der Waals surface area (Å²) < 4.78 is 18.9. The van der Waals surface area contributed by atoms with Crippen molar-refractivity contribution in [2.24, 2.45) is 5.92 Å². The van der Waals surface area contributed by atoms with Gasteiger partial charge in [0.25, 0.3) is 0 Å². The van der Waals surface area contributed by atoms with Crippen LogP contribution in [0.4, 0.5) is 9.18 Å². The third kappa shape index (κ3) is 3.84. The molecule has 0 aliphatic carbocycles. The Kier molecular flexibility index (Phi) is 4.54. The van der Waals surface area contributed by atoms with Crippen LogP contribution in [0.2, 0.25) is 0 Å². The van der Waals surface area contributed by atoms with Crippen LogP contribution in [-0.2, 0) is 4.74 Å². The molecule has 2 rings (SSSR count). The monoisotopic (exact) mass is 307 g/mol. The molecule has 0 bridgehead atoms. The Bertz CT molecular complexity index is 592. The molecular weight excluding hydrogens is 285 g/mol. The zero-order chi connectivity index (χ0) is 16.5. The number of likely N-dealkylation sites (tertiary alicyclic amines) is 1. The fourth-order valence-electron chi connectivity index (χ4n) is 2.45. The average molecular weight is 307 g/mol. The van der Waals surface area contributed by atoms with Crippen molar-refractivity contribution in [3.05, 3.63) is 35.1 Å². The molecular formula is C17H22FNO3. The summed E-state index contributed by atoms with van der Waals surface area (Å²) in [5, 5.41) is 0. The number of carbonyl (C=O) groups excluding carboxylic acids is 2. The van der Waals surface area contributed by atoms with Gasteiger partial charge in [-0.15, -0.1) is 0 Å². The molecule has 0 unspecified atom stereocenters. The molecule has 4 nitrogen and oxygen atoms in total. The first kappa shape index (κ1) is 16.5. The number of nitrogens with zero attached hydrogens (tertiary/aromatic N) is 1. The lowest BCUT2D eigenvalue weighted by Crippen LogP contribution is -2.35. The summed E-state index contributed by atoms with van der Waals surface area (Å²) in [6.45, 7) is 7.88. The topological polar surface area (TPSA) is 46.6 Å². The van der Waals surface area contributed by atoms with E-state index >= 15 is 0 Å². The van der Waals surface area contributed by atoms with Crippen molar-refractivity contribution in [3.63, 3.8) is 0 Å². The summed E-state index contributed by atoms with van der Waals surface area (Å²) in [6.07, 6.45) is 0.172. The zero-order valence-corrected chi connectivity index (χ0v) is 13.5. The van der Waals surface area contributed by atoms with Crippen molar-refractivity contribution in [3.8, 4) is 0 Å². The summed E-state index contributed by atoms with van der Waals surface area (Å²) in [7, 11) is 0. The molecule has 1 aliphatic rings. The summed E-state index contributed by atoms with van der Waals surface area (Å²) in [6, 6.07) is 4.51. The van der Waals surface area contributed by atoms with Crippen LogP contribution in [0, 0.1) is 18.7 Å². The van der Waals surface area contributed by atoms with E-state index in [-0.39, 0.29) is 17.5 Å². The van der Waals surface area contributed by atoms with Crippen LogP contribution < -0.4 is 0 Å². The van der Waals surface area contributed by atoms with E-state index in [4.69, 9.17) is 4.74 Å². The van der Waals surface area contributed by atoms with Gasteiger partial charge >= 0.3 is 6.09 Å². The highest BCUT2D eigenvalue weighted by atomic mass is 19.1. The molecule has 0 spiro atoms. The first-order valence-electron chi connectivity index (χ1n) is 7.45. The third-order valence-electron chi connectivity index (χ3n) is 3.67. The van der Waals surface area contributed by atoms with Crippen LogP contribution in [0.3, 0.4) is 0 Å². The van der Waals surface area contributed by atoms with E-state index in [0.717, 1.165) is 0 Å². The second-order valence-electron chi connectivity index (χ2n) is 6.74. The van der Waals surface area contributed by atoms with E-state index in [9.17, 15) is 14.0 Å². The number of benzene rings is 1. The average Bonchev–Trinajstić information content (AvgIpc) is 2.89. The van der Waals surface area contributed by atoms with Gasteiger partial charge in [-0.05, 0) is 45.7 Å². The van der Waals surface area contributed by atoms with E-state index in [0.29, 0.717) is 30.6 Å². The largest absolute Gasteiger partial charge is 0.444 e. The number of rotatable bonds is 2. The first-order chi connectivity index (χ1) is 10.2. The van der Waals surface area contributed by atoms with E-state index in [1.165, 1.54) is 6.07 Å². The number of amides is 1. The molecule has 0 saturated carbocycles. The molecule has 1 aromatic rings. The van der Waals surface area contributed by atoms with Gasteiger partial charge < -0.3 is 9.64 Å². The van der Waals surface area contributed by atoms with Gasteiger partial charge in [0.2, 0.25) is 0 Å². The van der Waals surface area contributed by atoms with Gasteiger partial charge in [0, 0.05) is 24.6 Å². The van der Waals surface area contributed by atoms with Crippen LogP contribution in [0.1, 0.15) is 43.1 Å². The van der Waals surface area contributed by atoms with Gasteiger partial charge in [0.05, 0.1) is 0 Å². The molecule has 120 valence electrons. The molecule has 22 heavy (non-hydrogen) atoms. The van der Waals surface area contributed by atoms with Gasteiger partial charge in [0.15, 0.2) is 5.78 Å². The molecule has 5 heteroatoms. The van der Waals surface area contributed by atoms with Crippen LogP contribution in [0.5, 0.6) is 0 Å². The second kappa shape index (κ2) is 6.07. The van der Waals surface area contributed by atoms with E-state index in [1.54, 1.807) is 44.7 Å². The summed E-state index contributed by atoms with van der Waals surface area (Å²) in [5.74, 6) is -0.799. The van der Waals surface area contributed by atoms with Crippen LogP contribution in [-0.4, -0.2) is 35.5 Å². The number of halogens is 1. The minimum Gasteiger partial charge on any atom is -0.444 e. The van der Waals surface area contributed by atoms with Crippen molar-refractivity contribution >= 4 is 11.9 Å². The van der Waals surface area contributed by atoms with Crippen LogP contribution in [0.15, 0.2) is 18.2 Å². The van der Waals surface area contributed by atoms with Gasteiger partial charge in [0.1, 0.15) is 11.4 Å². The molecule has 1 saturated heterocycles. The maximum absolute atomic E-state index is 13.6. The Morgan fingerprint density at radius 1 is 1.32 bits per heavy atom. The highest BCUT2D eigenvalue weighted by Gasteiger charge is 2.33. The maximum atomic E-state index is 13.6. The van der Waals surface area contributed by atoms with Crippen molar-refractivity contribution in [1.29, 1.82) is 0 Å². The number of ketones is 1. The van der Waals surface area contributed by atoms with Gasteiger partial charge in [-0.1, -0.05) is 12.1 Å². The molecule has 1 fully saturated rings. The number of ether oxygens (including phenoxy) is 1. The highest BCUT2D eigenvalue weighted by Crippen LogP contribution is 2.23. The van der Waals surface area contributed by atoms with E-state index < -0.39 is 11.7 Å². The van der Waals surface area contributed by atoms with E-state index in [2.05, 4.69) is 0 Å². The van der Waals surface area contributed by atoms with Crippen molar-refractivity contribution < 1.29 is 18.7 Å². The van der Waals surface area contributed by atoms with Crippen LogP contribution in [0.25, 0.3) is 0 Å². The Hall–Kier alpha value is -1.91. The van der Waals surface area contributed by atoms with Crippen LogP contribution >= 0.6 is 0 Å². The minimum atomic E-state index is -0.556. The summed E-state index contributed by atoms with van der Waals surface area (Å²) in [5.41, 5.74) is 0.316. The maximum Gasteiger partial charge on any atom is 0.410 e. The fourth-order valence-corrected chi connectivity index (χ4v) is 2.45. The van der Waals surface area contributed by atoms with Crippen molar-refractivity contribution in [2.75, 3.05) is 13.1 Å². The lowest BCUT2D eigenvalue weighted by molar-refractivity contribution is 0.0289. The zero-order valence-electron chi connectivity index (χ0n) is 13.5. The fraction of sp³-hybridized carbons (Fsp3) is 0.529. The van der Waals surface area contributed by atoms with Crippen molar-refractivity contribution in [1.82, 2.24) is 4.90 Å². The highest BCUT2D eigenvalue weighted by molar-refractivity contribution is 5.98. The third-order valence-corrected chi connectivity index (χ3v) is 3.67. The number of aryl methyl sites for hydroxylation is 1. The standard InChI is InChI=1S/C17H22FNO3/c1-11-5-6-12(9-14(11)18)15(20)13-7-8-19(10-13)16(21)22-17(2,3)4/h5-6,9,13H,7-8,10H2,1-4H3/t13-/m0/s1. The lowest BCUT2D eigenvalue weighted by Gasteiger charge is -2.24. The SMILES string of the molecule is Cc1ccc(C(=O)[C@H]2CCN(C(=O)OC(C)(C)C)C2)cc1F. The number of Topliss-reactive ketones (excluding diaryl/α,β-unsaturated/α-hetero) is 1. The normalized spacial score (nSPS) is 18.4. The summed E-state index contributed by atoms with van der Waals surface area (Å²) >= 11 is 0. The summed E-state index contributed by atoms with van der Waals surface area (Å²) in [4.78, 5) is 26.0. The predicted molar refractivity (Wildman–Crippen MR) is 81.4 cm³/mol. The van der Waals surface area contributed by atoms with Crippen molar-refractivity contribution in [2.45, 2.75) is 39.7 Å². The Morgan fingerprint density at radius 3 is 2.59 bits per heavy atom. The number of hydrogen-bond acceptors (Lipinski definition) is 3. The van der Waals surface area contributed by atoms with Gasteiger partial charge in [-0.25, -0.2) is 9.18 Å². The Morgan fingerprint density at radius 2 is 2.00 bits per heavy atom. The second-order valence-corrected chi connectivity index (χ2v) is 6.74. The molecule has 1 aliphatic heterocycles.